The monoisotopic (exact) mass is 782 g/mol. The number of halogens is 2. The van der Waals surface area contributed by atoms with Gasteiger partial charge in [-0.15, -0.1) is 0 Å². The van der Waals surface area contributed by atoms with Crippen LogP contribution in [0.5, 0.6) is 0 Å². The van der Waals surface area contributed by atoms with Crippen LogP contribution in [0.25, 0.3) is 0 Å². The Kier molecular flexibility index (Phi) is 32.2. The van der Waals surface area contributed by atoms with Crippen LogP contribution in [0.2, 0.25) is 0 Å². The van der Waals surface area contributed by atoms with E-state index in [0.29, 0.717) is 0 Å². The highest BCUT2D eigenvalue weighted by molar-refractivity contribution is 4.80. The summed E-state index contributed by atoms with van der Waals surface area (Å²) in [6, 6.07) is 0. The lowest BCUT2D eigenvalue weighted by molar-refractivity contribution is -0.874. The molecular weight excluding hydrogens is 710 g/mol. The van der Waals surface area contributed by atoms with E-state index in [1.165, 1.54) is 129 Å². The molecule has 0 N–H and O–H groups in total. The van der Waals surface area contributed by atoms with E-state index < -0.39 is 0 Å². The van der Waals surface area contributed by atoms with Crippen molar-refractivity contribution in [1.82, 2.24) is 0 Å². The summed E-state index contributed by atoms with van der Waals surface area (Å²) >= 11 is 0. The van der Waals surface area contributed by atoms with Crippen LogP contribution in [0.1, 0.15) is 129 Å². The Morgan fingerprint density at radius 2 is 0.718 bits per heavy atom. The number of nitrogens with zero attached hydrogens (tertiary/aromatic N) is 2. The number of unbranched alkanes of at least 4 members (excludes halogenated alkanes) is 14. The Bertz CT molecular complexity index is 449. The Morgan fingerprint density at radius 3 is 1.00 bits per heavy atom. The average molecular weight is 783 g/mol. The maximum Gasteiger partial charge on any atom is 0.0787 e. The van der Waals surface area contributed by atoms with Crippen LogP contribution in [-0.4, -0.2) is 90.8 Å². The van der Waals surface area contributed by atoms with E-state index in [1.807, 2.05) is 0 Å². The van der Waals surface area contributed by atoms with Gasteiger partial charge in [0.25, 0.3) is 0 Å². The van der Waals surface area contributed by atoms with Gasteiger partial charge in [0, 0.05) is 31.5 Å². The van der Waals surface area contributed by atoms with E-state index in [1.54, 1.807) is 0 Å². The predicted octanol–water partition coefficient (Wildman–Crippen LogP) is 2.49. The zero-order valence-electron chi connectivity index (χ0n) is 27.9. The van der Waals surface area contributed by atoms with E-state index in [4.69, 9.17) is 9.47 Å². The van der Waals surface area contributed by atoms with Crippen molar-refractivity contribution in [2.24, 2.45) is 5.41 Å². The third-order valence-corrected chi connectivity index (χ3v) is 7.73. The van der Waals surface area contributed by atoms with Crippen LogP contribution < -0.4 is 48.0 Å². The molecule has 0 aromatic heterocycles. The van der Waals surface area contributed by atoms with Crippen molar-refractivity contribution in [3.8, 4) is 0 Å². The number of hydrogen-bond donors (Lipinski definition) is 0. The van der Waals surface area contributed by atoms with E-state index in [9.17, 15) is 0 Å². The topological polar surface area (TPSA) is 18.5 Å². The smallest absolute Gasteiger partial charge is 0.0787 e. The van der Waals surface area contributed by atoms with Gasteiger partial charge in [-0.2, -0.15) is 0 Å². The lowest BCUT2D eigenvalue weighted by Gasteiger charge is -2.38. The zero-order valence-corrected chi connectivity index (χ0v) is 32.3. The van der Waals surface area contributed by atoms with Crippen molar-refractivity contribution in [2.75, 3.05) is 81.8 Å². The molecule has 0 unspecified atom stereocenters. The SMILES string of the molecule is CCCCCCCCCCOCC(CC[N+](C)(C)C)(CC[N+](C)(C)C)COCCCCCCCCCC.[I-].[I-]. The summed E-state index contributed by atoms with van der Waals surface area (Å²) in [5.41, 5.74) is 0.122. The van der Waals surface area contributed by atoms with Gasteiger partial charge < -0.3 is 66.4 Å². The van der Waals surface area contributed by atoms with E-state index in [2.05, 4.69) is 56.1 Å². The first-order chi connectivity index (χ1) is 17.5. The first kappa shape index (κ1) is 44.7. The lowest BCUT2D eigenvalue weighted by Crippen LogP contribution is -3.00. The van der Waals surface area contributed by atoms with Crippen molar-refractivity contribution in [3.63, 3.8) is 0 Å². The largest absolute Gasteiger partial charge is 1.00 e. The van der Waals surface area contributed by atoms with Crippen molar-refractivity contribution < 1.29 is 66.4 Å². The van der Waals surface area contributed by atoms with Gasteiger partial charge in [-0.25, -0.2) is 0 Å². The lowest BCUT2D eigenvalue weighted by atomic mass is 9.81. The van der Waals surface area contributed by atoms with Crippen LogP contribution in [0, 0.1) is 5.41 Å². The van der Waals surface area contributed by atoms with E-state index in [-0.39, 0.29) is 53.4 Å². The minimum absolute atomic E-state index is 0. The minimum Gasteiger partial charge on any atom is -1.00 e. The van der Waals surface area contributed by atoms with Crippen molar-refractivity contribution in [3.05, 3.63) is 0 Å². The number of rotatable bonds is 28. The number of hydrogen-bond acceptors (Lipinski definition) is 2. The van der Waals surface area contributed by atoms with Crippen LogP contribution in [0.15, 0.2) is 0 Å². The molecule has 39 heavy (non-hydrogen) atoms. The molecule has 0 aromatic rings. The molecule has 0 aliphatic rings. The Labute approximate surface area is 281 Å². The Morgan fingerprint density at radius 1 is 0.436 bits per heavy atom. The first-order valence-corrected chi connectivity index (χ1v) is 16.3. The molecule has 6 heteroatoms. The maximum absolute atomic E-state index is 6.42. The molecule has 0 aliphatic carbocycles. The van der Waals surface area contributed by atoms with Gasteiger partial charge in [-0.1, -0.05) is 104 Å². The van der Waals surface area contributed by atoms with Gasteiger partial charge in [0.1, 0.15) is 0 Å². The summed E-state index contributed by atoms with van der Waals surface area (Å²) in [6.45, 7) is 10.4. The highest BCUT2D eigenvalue weighted by Gasteiger charge is 2.35. The fourth-order valence-electron chi connectivity index (χ4n) is 4.85. The fourth-order valence-corrected chi connectivity index (χ4v) is 4.85. The fraction of sp³-hybridized carbons (Fsp3) is 1.00. The molecule has 0 saturated heterocycles. The number of ether oxygens (including phenoxy) is 2. The molecule has 0 fully saturated rings. The summed E-state index contributed by atoms with van der Waals surface area (Å²) in [6.07, 6.45) is 24.0. The minimum atomic E-state index is 0. The summed E-state index contributed by atoms with van der Waals surface area (Å²) in [4.78, 5) is 0. The molecule has 240 valence electrons. The summed E-state index contributed by atoms with van der Waals surface area (Å²) in [5.74, 6) is 0. The molecule has 4 nitrogen and oxygen atoms in total. The molecule has 0 heterocycles. The van der Waals surface area contributed by atoms with Crippen molar-refractivity contribution in [1.29, 1.82) is 0 Å². The third kappa shape index (κ3) is 32.1. The molecule has 0 spiro atoms. The molecular formula is C33H72I2N2O2. The molecule has 0 aliphatic heterocycles. The van der Waals surface area contributed by atoms with E-state index >= 15 is 0 Å². The average Bonchev–Trinajstić information content (AvgIpc) is 2.82. The second-order valence-electron chi connectivity index (χ2n) is 14.1. The van der Waals surface area contributed by atoms with Gasteiger partial charge >= 0.3 is 0 Å². The molecule has 0 saturated carbocycles. The van der Waals surface area contributed by atoms with Gasteiger partial charge in [0.05, 0.1) is 68.6 Å². The molecule has 0 radical (unpaired) electrons. The second-order valence-corrected chi connectivity index (χ2v) is 14.1. The summed E-state index contributed by atoms with van der Waals surface area (Å²) < 4.78 is 14.9. The first-order valence-electron chi connectivity index (χ1n) is 16.3. The van der Waals surface area contributed by atoms with Gasteiger partial charge in [-0.05, 0) is 12.8 Å². The maximum atomic E-state index is 6.42. The van der Waals surface area contributed by atoms with Gasteiger partial charge in [0.2, 0.25) is 0 Å². The standard InChI is InChI=1S/C33H72N2O2.2HI/c1-9-11-13-15-17-19-21-23-29-36-31-33(25-27-34(3,4)5,26-28-35(6,7)8)32-37-30-24-22-20-18-16-14-12-10-2;;/h9-32H2,1-8H3;2*1H/q+2;;/p-2. The quantitative estimate of drug-likeness (QED) is 0.0691. The Balaban J connectivity index is -0.00000648. The second kappa shape index (κ2) is 28.1. The van der Waals surface area contributed by atoms with Crippen LogP contribution in [0.3, 0.4) is 0 Å². The zero-order chi connectivity index (χ0) is 27.9. The molecule has 0 rings (SSSR count). The predicted molar refractivity (Wildman–Crippen MR) is 164 cm³/mol. The number of quaternary nitrogens is 2. The Hall–Kier alpha value is 1.30. The van der Waals surface area contributed by atoms with Crippen molar-refractivity contribution >= 4 is 0 Å². The summed E-state index contributed by atoms with van der Waals surface area (Å²) in [7, 11) is 13.9. The van der Waals surface area contributed by atoms with Crippen molar-refractivity contribution in [2.45, 2.75) is 129 Å². The molecule has 0 aromatic carbocycles. The van der Waals surface area contributed by atoms with Gasteiger partial charge in [0.15, 0.2) is 0 Å². The van der Waals surface area contributed by atoms with Crippen LogP contribution >= 0.6 is 0 Å². The third-order valence-electron chi connectivity index (χ3n) is 7.73. The molecule has 0 atom stereocenters. The molecule has 0 amide bonds. The highest BCUT2D eigenvalue weighted by Crippen LogP contribution is 2.30. The van der Waals surface area contributed by atoms with Crippen LogP contribution in [0.4, 0.5) is 0 Å². The summed E-state index contributed by atoms with van der Waals surface area (Å²) in [5, 5.41) is 0. The van der Waals surface area contributed by atoms with Crippen LogP contribution in [-0.2, 0) is 9.47 Å². The highest BCUT2D eigenvalue weighted by atomic mass is 127. The molecule has 0 bridgehead atoms. The van der Waals surface area contributed by atoms with E-state index in [0.717, 1.165) is 35.4 Å². The van der Waals surface area contributed by atoms with Gasteiger partial charge in [-0.3, -0.25) is 0 Å². The normalized spacial score (nSPS) is 12.3.